The van der Waals surface area contributed by atoms with E-state index in [1.54, 1.807) is 10.6 Å². The summed E-state index contributed by atoms with van der Waals surface area (Å²) in [5.41, 5.74) is 3.20. The van der Waals surface area contributed by atoms with E-state index in [0.717, 1.165) is 19.3 Å². The van der Waals surface area contributed by atoms with Gasteiger partial charge >= 0.3 is 0 Å². The Balaban J connectivity index is 1.54. The molecule has 4 rings (SSSR count). The first-order chi connectivity index (χ1) is 14.1. The lowest BCUT2D eigenvalue weighted by atomic mass is 9.87. The number of amides is 1. The van der Waals surface area contributed by atoms with Crippen LogP contribution in [0.25, 0.3) is 10.2 Å². The van der Waals surface area contributed by atoms with Crippen molar-refractivity contribution in [2.75, 3.05) is 12.8 Å². The van der Waals surface area contributed by atoms with Gasteiger partial charge in [-0.15, -0.1) is 17.9 Å². The summed E-state index contributed by atoms with van der Waals surface area (Å²) in [6, 6.07) is 10.3. The molecule has 3 aromatic rings. The number of rotatable bonds is 6. The Morgan fingerprint density at radius 2 is 2.24 bits per heavy atom. The van der Waals surface area contributed by atoms with Crippen LogP contribution in [0.5, 0.6) is 0 Å². The molecule has 0 N–H and O–H groups in total. The first kappa shape index (κ1) is 19.9. The molecule has 1 aromatic carbocycles. The first-order valence-electron chi connectivity index (χ1n) is 9.65. The van der Waals surface area contributed by atoms with Gasteiger partial charge in [0.05, 0.1) is 17.3 Å². The molecule has 1 amide bonds. The van der Waals surface area contributed by atoms with Crippen molar-refractivity contribution in [2.24, 2.45) is 0 Å². The van der Waals surface area contributed by atoms with Crippen molar-refractivity contribution in [1.82, 2.24) is 14.5 Å². The maximum absolute atomic E-state index is 13.0. The molecule has 0 fully saturated rings. The number of thiophene rings is 1. The molecule has 1 unspecified atom stereocenters. The molecule has 0 saturated heterocycles. The van der Waals surface area contributed by atoms with E-state index in [1.807, 2.05) is 29.5 Å². The summed E-state index contributed by atoms with van der Waals surface area (Å²) in [6.45, 7) is 4.12. The highest BCUT2D eigenvalue weighted by Crippen LogP contribution is 2.34. The van der Waals surface area contributed by atoms with E-state index in [0.29, 0.717) is 21.9 Å². The number of carbonyl (C=O) groups excluding carboxylic acids is 1. The Morgan fingerprint density at radius 3 is 3.07 bits per heavy atom. The standard InChI is InChI=1S/C22H23N3O2S2/c1-3-12-25-21(27)20-17(11-13-28-20)23-22(25)29-14-19(26)24(2)18-10-6-8-15-7-4-5-9-16(15)18/h3-5,7,9,11,13,18H,1,6,8,10,12,14H2,2H3. The minimum Gasteiger partial charge on any atom is -0.338 e. The third kappa shape index (κ3) is 3.89. The smallest absolute Gasteiger partial charge is 0.272 e. The van der Waals surface area contributed by atoms with Crippen molar-refractivity contribution in [3.05, 3.63) is 69.8 Å². The fourth-order valence-corrected chi connectivity index (χ4v) is 5.57. The number of carbonyl (C=O) groups is 1. The Labute approximate surface area is 178 Å². The molecule has 2 aromatic heterocycles. The average Bonchev–Trinajstić information content (AvgIpc) is 3.22. The van der Waals surface area contributed by atoms with Crippen LogP contribution in [0.4, 0.5) is 0 Å². The van der Waals surface area contributed by atoms with Gasteiger partial charge in [-0.1, -0.05) is 42.1 Å². The highest BCUT2D eigenvalue weighted by Gasteiger charge is 2.26. The number of aromatic nitrogens is 2. The molecule has 2 heterocycles. The minimum absolute atomic E-state index is 0.0431. The molecule has 0 saturated carbocycles. The minimum atomic E-state index is -0.0746. The quantitative estimate of drug-likeness (QED) is 0.336. The van der Waals surface area contributed by atoms with Gasteiger partial charge in [0, 0.05) is 13.6 Å². The number of hydrogen-bond donors (Lipinski definition) is 0. The zero-order chi connectivity index (χ0) is 20.4. The summed E-state index contributed by atoms with van der Waals surface area (Å²) in [5.74, 6) is 0.288. The maximum atomic E-state index is 13.0. The van der Waals surface area contributed by atoms with E-state index >= 15 is 0 Å². The summed E-state index contributed by atoms with van der Waals surface area (Å²) in [6.07, 6.45) is 4.81. The highest BCUT2D eigenvalue weighted by molar-refractivity contribution is 7.99. The second kappa shape index (κ2) is 8.55. The predicted molar refractivity (Wildman–Crippen MR) is 120 cm³/mol. The Morgan fingerprint density at radius 1 is 1.41 bits per heavy atom. The molecule has 0 bridgehead atoms. The Hall–Kier alpha value is -2.38. The van der Waals surface area contributed by atoms with Crippen molar-refractivity contribution in [1.29, 1.82) is 0 Å². The fourth-order valence-electron chi connectivity index (χ4n) is 3.86. The van der Waals surface area contributed by atoms with Crippen molar-refractivity contribution in [3.8, 4) is 0 Å². The Kier molecular flexibility index (Phi) is 5.87. The van der Waals surface area contributed by atoms with Crippen LogP contribution < -0.4 is 5.56 Å². The molecule has 0 aliphatic heterocycles. The van der Waals surface area contributed by atoms with Crippen LogP contribution in [-0.4, -0.2) is 33.2 Å². The number of fused-ring (bicyclic) bond motifs is 2. The SMILES string of the molecule is C=CCn1c(SCC(=O)N(C)C2CCCc3ccccc32)nc2ccsc2c1=O. The van der Waals surface area contributed by atoms with Gasteiger partial charge < -0.3 is 4.90 Å². The van der Waals surface area contributed by atoms with E-state index < -0.39 is 0 Å². The molecule has 0 radical (unpaired) electrons. The van der Waals surface area contributed by atoms with Crippen LogP contribution in [0.15, 0.2) is 58.3 Å². The third-order valence-electron chi connectivity index (χ3n) is 5.37. The number of allylic oxidation sites excluding steroid dienone is 1. The van der Waals surface area contributed by atoms with Crippen molar-refractivity contribution >= 4 is 39.2 Å². The maximum Gasteiger partial charge on any atom is 0.272 e. The molecular formula is C22H23N3O2S2. The molecule has 1 aliphatic carbocycles. The molecule has 1 aliphatic rings. The first-order valence-corrected chi connectivity index (χ1v) is 11.5. The normalized spacial score (nSPS) is 15.8. The van der Waals surface area contributed by atoms with Crippen LogP contribution >= 0.6 is 23.1 Å². The van der Waals surface area contributed by atoms with Crippen molar-refractivity contribution < 1.29 is 4.79 Å². The van der Waals surface area contributed by atoms with E-state index in [-0.39, 0.29) is 23.3 Å². The van der Waals surface area contributed by atoms with Gasteiger partial charge in [0.2, 0.25) is 5.91 Å². The molecule has 5 nitrogen and oxygen atoms in total. The molecule has 1 atom stereocenters. The van der Waals surface area contributed by atoms with E-state index in [9.17, 15) is 9.59 Å². The van der Waals surface area contributed by atoms with Gasteiger partial charge in [-0.05, 0) is 41.8 Å². The average molecular weight is 426 g/mol. The topological polar surface area (TPSA) is 55.2 Å². The lowest BCUT2D eigenvalue weighted by molar-refractivity contribution is -0.129. The second-order valence-corrected chi connectivity index (χ2v) is 8.99. The zero-order valence-corrected chi connectivity index (χ0v) is 18.0. The zero-order valence-electron chi connectivity index (χ0n) is 16.3. The number of aryl methyl sites for hydroxylation is 1. The van der Waals surface area contributed by atoms with Crippen LogP contribution in [0.2, 0.25) is 0 Å². The van der Waals surface area contributed by atoms with Gasteiger partial charge in [0.25, 0.3) is 5.56 Å². The monoisotopic (exact) mass is 425 g/mol. The van der Waals surface area contributed by atoms with Gasteiger partial charge in [0.15, 0.2) is 5.16 Å². The van der Waals surface area contributed by atoms with E-state index in [1.165, 1.54) is 34.2 Å². The van der Waals surface area contributed by atoms with Crippen molar-refractivity contribution in [3.63, 3.8) is 0 Å². The predicted octanol–water partition coefficient (Wildman–Crippen LogP) is 4.27. The molecule has 29 heavy (non-hydrogen) atoms. The van der Waals surface area contributed by atoms with Gasteiger partial charge in [-0.2, -0.15) is 0 Å². The number of thioether (sulfide) groups is 1. The highest BCUT2D eigenvalue weighted by atomic mass is 32.2. The summed E-state index contributed by atoms with van der Waals surface area (Å²) in [5, 5.41) is 2.43. The number of benzene rings is 1. The lowest BCUT2D eigenvalue weighted by Crippen LogP contribution is -2.34. The van der Waals surface area contributed by atoms with Gasteiger partial charge in [-0.3, -0.25) is 14.2 Å². The van der Waals surface area contributed by atoms with Crippen LogP contribution in [0, 0.1) is 0 Å². The summed E-state index contributed by atoms with van der Waals surface area (Å²) in [7, 11) is 1.88. The van der Waals surface area contributed by atoms with Crippen LogP contribution in [0.3, 0.4) is 0 Å². The molecule has 7 heteroatoms. The summed E-state index contributed by atoms with van der Waals surface area (Å²) < 4.78 is 2.23. The third-order valence-corrected chi connectivity index (χ3v) is 7.22. The lowest BCUT2D eigenvalue weighted by Gasteiger charge is -2.33. The number of hydrogen-bond acceptors (Lipinski definition) is 5. The van der Waals surface area contributed by atoms with Crippen molar-refractivity contribution in [2.45, 2.75) is 37.0 Å². The van der Waals surface area contributed by atoms with Crippen LogP contribution in [-0.2, 0) is 17.8 Å². The largest absolute Gasteiger partial charge is 0.338 e. The van der Waals surface area contributed by atoms with Gasteiger partial charge in [-0.25, -0.2) is 4.98 Å². The molecular weight excluding hydrogens is 402 g/mol. The second-order valence-electron chi connectivity index (χ2n) is 7.13. The molecule has 0 spiro atoms. The number of nitrogens with zero attached hydrogens (tertiary/aromatic N) is 3. The summed E-state index contributed by atoms with van der Waals surface area (Å²) >= 11 is 2.71. The van der Waals surface area contributed by atoms with Crippen LogP contribution in [0.1, 0.15) is 30.0 Å². The Bertz CT molecular complexity index is 1120. The van der Waals surface area contributed by atoms with E-state index in [4.69, 9.17) is 0 Å². The summed E-state index contributed by atoms with van der Waals surface area (Å²) in [4.78, 5) is 32.2. The van der Waals surface area contributed by atoms with E-state index in [2.05, 4.69) is 29.8 Å². The van der Waals surface area contributed by atoms with Gasteiger partial charge in [0.1, 0.15) is 4.70 Å². The fraction of sp³-hybridized carbons (Fsp3) is 0.318. The molecule has 150 valence electrons.